The van der Waals surface area contributed by atoms with E-state index in [4.69, 9.17) is 5.73 Å². The standard InChI is InChI=1S/C8H13FN4S.ClH/c9-6-1-8(2-10)13(3-6)4-7-5-14-12-11-7;/h5-6,8H,1-4,10H2;1H/t6-,8+;/m1./s1. The fourth-order valence-corrected chi connectivity index (χ4v) is 2.26. The lowest BCUT2D eigenvalue weighted by atomic mass is 10.2. The van der Waals surface area contributed by atoms with Crippen molar-refractivity contribution in [3.05, 3.63) is 11.1 Å². The van der Waals surface area contributed by atoms with Gasteiger partial charge < -0.3 is 5.73 Å². The Kier molecular flexibility index (Phi) is 4.85. The van der Waals surface area contributed by atoms with E-state index < -0.39 is 6.17 Å². The second-order valence-electron chi connectivity index (χ2n) is 3.55. The minimum absolute atomic E-state index is 0. The van der Waals surface area contributed by atoms with Gasteiger partial charge in [0.1, 0.15) is 6.17 Å². The molecular formula is C8H14ClFN4S. The number of aromatic nitrogens is 2. The van der Waals surface area contributed by atoms with Crippen molar-refractivity contribution < 1.29 is 4.39 Å². The van der Waals surface area contributed by atoms with Crippen LogP contribution in [0.25, 0.3) is 0 Å². The maximum Gasteiger partial charge on any atom is 0.114 e. The molecule has 2 rings (SSSR count). The second-order valence-corrected chi connectivity index (χ2v) is 4.16. The average Bonchev–Trinajstić information content (AvgIpc) is 2.76. The molecule has 1 saturated heterocycles. The summed E-state index contributed by atoms with van der Waals surface area (Å²) >= 11 is 1.32. The molecule has 1 fully saturated rings. The quantitative estimate of drug-likeness (QED) is 0.866. The van der Waals surface area contributed by atoms with Gasteiger partial charge in [0.25, 0.3) is 0 Å². The number of rotatable bonds is 3. The van der Waals surface area contributed by atoms with Crippen molar-refractivity contribution in [1.82, 2.24) is 14.5 Å². The lowest BCUT2D eigenvalue weighted by Gasteiger charge is -2.20. The highest BCUT2D eigenvalue weighted by Crippen LogP contribution is 2.21. The summed E-state index contributed by atoms with van der Waals surface area (Å²) in [6.45, 7) is 1.65. The summed E-state index contributed by atoms with van der Waals surface area (Å²) in [7, 11) is 0. The van der Waals surface area contributed by atoms with Crippen molar-refractivity contribution in [3.63, 3.8) is 0 Å². The van der Waals surface area contributed by atoms with Crippen LogP contribution in [0.4, 0.5) is 4.39 Å². The van der Waals surface area contributed by atoms with Crippen LogP contribution in [0, 0.1) is 0 Å². The Balaban J connectivity index is 0.00000112. The highest BCUT2D eigenvalue weighted by atomic mass is 35.5. The first-order valence-corrected chi connectivity index (χ1v) is 5.47. The molecule has 86 valence electrons. The number of nitrogens with two attached hydrogens (primary N) is 1. The molecule has 2 atom stereocenters. The number of alkyl halides is 1. The smallest absolute Gasteiger partial charge is 0.114 e. The predicted octanol–water partition coefficient (Wildman–Crippen LogP) is 0.831. The van der Waals surface area contributed by atoms with Gasteiger partial charge in [0, 0.05) is 31.1 Å². The molecule has 7 heteroatoms. The Hall–Kier alpha value is -0.300. The van der Waals surface area contributed by atoms with Crippen molar-refractivity contribution in [2.24, 2.45) is 5.73 Å². The van der Waals surface area contributed by atoms with Crippen molar-refractivity contribution in [1.29, 1.82) is 0 Å². The fourth-order valence-electron chi connectivity index (χ4n) is 1.82. The number of hydrogen-bond acceptors (Lipinski definition) is 5. The van der Waals surface area contributed by atoms with Gasteiger partial charge in [0.15, 0.2) is 0 Å². The van der Waals surface area contributed by atoms with E-state index in [1.807, 2.05) is 10.3 Å². The molecule has 0 spiro atoms. The van der Waals surface area contributed by atoms with E-state index in [0.29, 0.717) is 26.1 Å². The second kappa shape index (κ2) is 5.69. The van der Waals surface area contributed by atoms with Crippen molar-refractivity contribution in [3.8, 4) is 0 Å². The lowest BCUT2D eigenvalue weighted by Crippen LogP contribution is -2.35. The van der Waals surface area contributed by atoms with Gasteiger partial charge in [-0.2, -0.15) is 0 Å². The number of hydrogen-bond donors (Lipinski definition) is 1. The first kappa shape index (κ1) is 12.8. The van der Waals surface area contributed by atoms with E-state index in [1.165, 1.54) is 11.5 Å². The Morgan fingerprint density at radius 2 is 2.47 bits per heavy atom. The van der Waals surface area contributed by atoms with E-state index in [9.17, 15) is 4.39 Å². The molecule has 2 heterocycles. The van der Waals surface area contributed by atoms with Crippen molar-refractivity contribution in [2.45, 2.75) is 25.2 Å². The molecule has 1 aromatic heterocycles. The molecule has 0 unspecified atom stereocenters. The topological polar surface area (TPSA) is 55.0 Å². The zero-order valence-corrected chi connectivity index (χ0v) is 9.81. The maximum absolute atomic E-state index is 13.1. The van der Waals surface area contributed by atoms with E-state index >= 15 is 0 Å². The highest BCUT2D eigenvalue weighted by molar-refractivity contribution is 7.03. The van der Waals surface area contributed by atoms with Gasteiger partial charge in [-0.05, 0) is 18.0 Å². The molecule has 2 N–H and O–H groups in total. The van der Waals surface area contributed by atoms with E-state index in [0.717, 1.165) is 5.69 Å². The van der Waals surface area contributed by atoms with Gasteiger partial charge in [0.2, 0.25) is 0 Å². The summed E-state index contributed by atoms with van der Waals surface area (Å²) in [5.74, 6) is 0. The number of nitrogens with zero attached hydrogens (tertiary/aromatic N) is 3. The summed E-state index contributed by atoms with van der Waals surface area (Å²) < 4.78 is 16.9. The van der Waals surface area contributed by atoms with Crippen LogP contribution in [0.1, 0.15) is 12.1 Å². The van der Waals surface area contributed by atoms with Crippen LogP contribution in [-0.2, 0) is 6.54 Å². The van der Waals surface area contributed by atoms with Crippen LogP contribution in [-0.4, -0.2) is 39.8 Å². The molecular weight excluding hydrogens is 239 g/mol. The van der Waals surface area contributed by atoms with Crippen LogP contribution >= 0.6 is 23.9 Å². The molecule has 0 bridgehead atoms. The Morgan fingerprint density at radius 3 is 3.07 bits per heavy atom. The van der Waals surface area contributed by atoms with Gasteiger partial charge in [-0.1, -0.05) is 4.49 Å². The largest absolute Gasteiger partial charge is 0.329 e. The zero-order chi connectivity index (χ0) is 9.97. The molecule has 1 aliphatic rings. The SMILES string of the molecule is Cl.NC[C@@H]1C[C@@H](F)CN1Cc1csnn1. The molecule has 4 nitrogen and oxygen atoms in total. The fraction of sp³-hybridized carbons (Fsp3) is 0.750. The van der Waals surface area contributed by atoms with E-state index in [-0.39, 0.29) is 18.4 Å². The predicted molar refractivity (Wildman–Crippen MR) is 59.9 cm³/mol. The first-order chi connectivity index (χ1) is 6.79. The van der Waals surface area contributed by atoms with Crippen LogP contribution in [0.5, 0.6) is 0 Å². The van der Waals surface area contributed by atoms with Crippen LogP contribution in [0.3, 0.4) is 0 Å². The maximum atomic E-state index is 13.1. The molecule has 0 amide bonds. The normalized spacial score (nSPS) is 26.5. The molecule has 0 aromatic carbocycles. The van der Waals surface area contributed by atoms with E-state index in [1.54, 1.807) is 0 Å². The average molecular weight is 253 g/mol. The van der Waals surface area contributed by atoms with Gasteiger partial charge in [-0.25, -0.2) is 4.39 Å². The van der Waals surface area contributed by atoms with Crippen LogP contribution in [0.2, 0.25) is 0 Å². The van der Waals surface area contributed by atoms with Gasteiger partial charge >= 0.3 is 0 Å². The molecule has 0 radical (unpaired) electrons. The van der Waals surface area contributed by atoms with Crippen molar-refractivity contribution >= 4 is 23.9 Å². The van der Waals surface area contributed by atoms with Crippen LogP contribution in [0.15, 0.2) is 5.38 Å². The molecule has 0 saturated carbocycles. The third-order valence-corrected chi connectivity index (χ3v) is 3.07. The Labute approximate surface area is 98.2 Å². The van der Waals surface area contributed by atoms with Gasteiger partial charge in [-0.15, -0.1) is 17.5 Å². The summed E-state index contributed by atoms with van der Waals surface area (Å²) in [4.78, 5) is 2.04. The van der Waals surface area contributed by atoms with Crippen LogP contribution < -0.4 is 5.73 Å². The first-order valence-electron chi connectivity index (χ1n) is 4.63. The third-order valence-electron chi connectivity index (χ3n) is 2.52. The van der Waals surface area contributed by atoms with Crippen molar-refractivity contribution in [2.75, 3.05) is 13.1 Å². The Morgan fingerprint density at radius 1 is 1.67 bits per heavy atom. The summed E-state index contributed by atoms with van der Waals surface area (Å²) in [5.41, 5.74) is 6.48. The minimum atomic E-state index is -0.741. The lowest BCUT2D eigenvalue weighted by molar-refractivity contribution is 0.236. The highest BCUT2D eigenvalue weighted by Gasteiger charge is 2.31. The molecule has 1 aromatic rings. The molecule has 0 aliphatic carbocycles. The summed E-state index contributed by atoms with van der Waals surface area (Å²) in [5, 5.41) is 5.83. The third kappa shape index (κ3) is 3.07. The zero-order valence-electron chi connectivity index (χ0n) is 8.17. The monoisotopic (exact) mass is 252 g/mol. The van der Waals surface area contributed by atoms with Gasteiger partial charge in [-0.3, -0.25) is 4.90 Å². The number of likely N-dealkylation sites (tertiary alicyclic amines) is 1. The summed E-state index contributed by atoms with van der Waals surface area (Å²) in [6, 6.07) is 0.159. The van der Waals surface area contributed by atoms with Gasteiger partial charge in [0.05, 0.1) is 5.69 Å². The molecule has 15 heavy (non-hydrogen) atoms. The Bertz CT molecular complexity index is 284. The molecule has 1 aliphatic heterocycles. The van der Waals surface area contributed by atoms with E-state index in [2.05, 4.69) is 9.59 Å². The summed E-state index contributed by atoms with van der Waals surface area (Å²) in [6.07, 6.45) is -0.191. The number of halogens is 2. The minimum Gasteiger partial charge on any atom is -0.329 e.